The van der Waals surface area contributed by atoms with Gasteiger partial charge in [0, 0.05) is 13.2 Å². The van der Waals surface area contributed by atoms with Gasteiger partial charge >= 0.3 is 6.18 Å². The van der Waals surface area contributed by atoms with E-state index in [0.29, 0.717) is 0 Å². The highest BCUT2D eigenvalue weighted by Crippen LogP contribution is 2.29. The summed E-state index contributed by atoms with van der Waals surface area (Å²) in [7, 11) is 1.73. The van der Waals surface area contributed by atoms with Crippen molar-refractivity contribution in [2.24, 2.45) is 12.8 Å². The molecule has 0 aliphatic heterocycles. The number of alkyl halides is 3. The standard InChI is InChI=1S/C12H12F3N5S/c1-20-7(4-5-18-20)6-17-11-8(10(16)21)2-3-9(19-11)12(13,14)15/h2-5H,6H2,1H3,(H2,16,21)(H,17,19). The Morgan fingerprint density at radius 1 is 1.38 bits per heavy atom. The summed E-state index contributed by atoms with van der Waals surface area (Å²) in [6.45, 7) is 0.250. The van der Waals surface area contributed by atoms with Gasteiger partial charge in [0.1, 0.15) is 16.5 Å². The number of thiocarbonyl (C=S) groups is 1. The highest BCUT2D eigenvalue weighted by atomic mass is 32.1. The highest BCUT2D eigenvalue weighted by Gasteiger charge is 2.33. The second kappa shape index (κ2) is 5.68. The Morgan fingerprint density at radius 3 is 2.62 bits per heavy atom. The fraction of sp³-hybridized carbons (Fsp3) is 0.250. The average molecular weight is 315 g/mol. The number of hydrogen-bond donors (Lipinski definition) is 2. The van der Waals surface area contributed by atoms with E-state index in [9.17, 15) is 13.2 Å². The van der Waals surface area contributed by atoms with Crippen LogP contribution in [-0.4, -0.2) is 19.8 Å². The summed E-state index contributed by atoms with van der Waals surface area (Å²) in [6.07, 6.45) is -2.94. The van der Waals surface area contributed by atoms with E-state index >= 15 is 0 Å². The molecule has 2 aromatic heterocycles. The summed E-state index contributed by atoms with van der Waals surface area (Å²) in [4.78, 5) is 3.54. The molecule has 0 atom stereocenters. The number of anilines is 1. The van der Waals surface area contributed by atoms with Crippen molar-refractivity contribution < 1.29 is 13.2 Å². The van der Waals surface area contributed by atoms with Gasteiger partial charge in [0.15, 0.2) is 0 Å². The molecular formula is C12H12F3N5S. The summed E-state index contributed by atoms with van der Waals surface area (Å²) >= 11 is 4.83. The highest BCUT2D eigenvalue weighted by molar-refractivity contribution is 7.80. The Morgan fingerprint density at radius 2 is 2.10 bits per heavy atom. The van der Waals surface area contributed by atoms with Crippen LogP contribution in [0.1, 0.15) is 17.0 Å². The summed E-state index contributed by atoms with van der Waals surface area (Å²) in [5.74, 6) is -0.00137. The minimum atomic E-state index is -4.53. The Bertz CT molecular complexity index is 665. The zero-order chi connectivity index (χ0) is 15.6. The molecule has 0 saturated carbocycles. The van der Waals surface area contributed by atoms with Crippen LogP contribution in [-0.2, 0) is 19.8 Å². The molecule has 0 spiro atoms. The zero-order valence-electron chi connectivity index (χ0n) is 11.0. The lowest BCUT2D eigenvalue weighted by Gasteiger charge is -2.13. The van der Waals surface area contributed by atoms with Crippen LogP contribution < -0.4 is 11.1 Å². The number of nitrogens with zero attached hydrogens (tertiary/aromatic N) is 3. The lowest BCUT2D eigenvalue weighted by atomic mass is 10.2. The van der Waals surface area contributed by atoms with E-state index in [-0.39, 0.29) is 22.9 Å². The Balaban J connectivity index is 2.31. The molecule has 0 saturated heterocycles. The van der Waals surface area contributed by atoms with Crippen LogP contribution in [0.15, 0.2) is 24.4 Å². The van der Waals surface area contributed by atoms with Crippen molar-refractivity contribution in [1.82, 2.24) is 14.8 Å². The number of aromatic nitrogens is 3. The van der Waals surface area contributed by atoms with Crippen LogP contribution in [0.2, 0.25) is 0 Å². The van der Waals surface area contributed by atoms with Crippen LogP contribution in [0, 0.1) is 0 Å². The fourth-order valence-corrected chi connectivity index (χ4v) is 1.86. The van der Waals surface area contributed by atoms with E-state index in [1.165, 1.54) is 6.07 Å². The molecule has 112 valence electrons. The predicted molar refractivity (Wildman–Crippen MR) is 75.7 cm³/mol. The summed E-state index contributed by atoms with van der Waals surface area (Å²) in [6, 6.07) is 3.80. The third-order valence-corrected chi connectivity index (χ3v) is 3.03. The number of rotatable bonds is 4. The number of hydrogen-bond acceptors (Lipinski definition) is 4. The molecule has 2 heterocycles. The maximum absolute atomic E-state index is 12.7. The zero-order valence-corrected chi connectivity index (χ0v) is 11.8. The minimum Gasteiger partial charge on any atom is -0.389 e. The summed E-state index contributed by atoms with van der Waals surface area (Å²) in [5, 5.41) is 6.78. The van der Waals surface area contributed by atoms with Gasteiger partial charge in [-0.2, -0.15) is 18.3 Å². The van der Waals surface area contributed by atoms with Crippen molar-refractivity contribution in [1.29, 1.82) is 0 Å². The monoisotopic (exact) mass is 315 g/mol. The van der Waals surface area contributed by atoms with Crippen molar-refractivity contribution in [3.63, 3.8) is 0 Å². The molecule has 2 rings (SSSR count). The smallest absolute Gasteiger partial charge is 0.389 e. The SMILES string of the molecule is Cn1nccc1CNc1nc(C(F)(F)F)ccc1C(N)=S. The first-order chi connectivity index (χ1) is 9.79. The molecule has 2 aromatic rings. The van der Waals surface area contributed by atoms with Crippen LogP contribution in [0.25, 0.3) is 0 Å². The Hall–Kier alpha value is -2.16. The van der Waals surface area contributed by atoms with Gasteiger partial charge in [-0.25, -0.2) is 4.98 Å². The largest absolute Gasteiger partial charge is 0.433 e. The molecule has 21 heavy (non-hydrogen) atoms. The molecule has 5 nitrogen and oxygen atoms in total. The van der Waals surface area contributed by atoms with Gasteiger partial charge in [0.05, 0.1) is 17.8 Å². The maximum atomic E-state index is 12.7. The quantitative estimate of drug-likeness (QED) is 0.846. The van der Waals surface area contributed by atoms with E-state index < -0.39 is 11.9 Å². The number of nitrogens with two attached hydrogens (primary N) is 1. The molecule has 3 N–H and O–H groups in total. The Kier molecular flexibility index (Phi) is 4.12. The minimum absolute atomic E-state index is 0.00137. The number of halogens is 3. The molecule has 0 unspecified atom stereocenters. The fourth-order valence-electron chi connectivity index (χ4n) is 1.70. The first-order valence-corrected chi connectivity index (χ1v) is 6.28. The Labute approximate surface area is 124 Å². The van der Waals surface area contributed by atoms with Gasteiger partial charge in [-0.3, -0.25) is 4.68 Å². The van der Waals surface area contributed by atoms with Gasteiger partial charge in [-0.15, -0.1) is 0 Å². The molecule has 0 aliphatic rings. The van der Waals surface area contributed by atoms with Gasteiger partial charge in [-0.05, 0) is 18.2 Å². The molecule has 0 radical (unpaired) electrons. The average Bonchev–Trinajstić information content (AvgIpc) is 2.80. The van der Waals surface area contributed by atoms with Crippen molar-refractivity contribution in [3.8, 4) is 0 Å². The molecule has 9 heteroatoms. The molecular weight excluding hydrogens is 303 g/mol. The van der Waals surface area contributed by atoms with E-state index in [0.717, 1.165) is 11.8 Å². The normalized spacial score (nSPS) is 11.4. The van der Waals surface area contributed by atoms with Gasteiger partial charge < -0.3 is 11.1 Å². The molecule has 0 fully saturated rings. The molecule has 0 amide bonds. The number of pyridine rings is 1. The number of nitrogens with one attached hydrogen (secondary N) is 1. The third-order valence-electron chi connectivity index (χ3n) is 2.81. The summed E-state index contributed by atoms with van der Waals surface area (Å²) < 4.78 is 39.7. The first-order valence-electron chi connectivity index (χ1n) is 5.88. The summed E-state index contributed by atoms with van der Waals surface area (Å²) in [5.41, 5.74) is 5.55. The molecule has 0 aromatic carbocycles. The van der Waals surface area contributed by atoms with Crippen LogP contribution >= 0.6 is 12.2 Å². The number of aryl methyl sites for hydroxylation is 1. The first kappa shape index (κ1) is 15.2. The van der Waals surface area contributed by atoms with Crippen LogP contribution in [0.4, 0.5) is 19.0 Å². The predicted octanol–water partition coefficient (Wildman–Crippen LogP) is 2.08. The van der Waals surface area contributed by atoms with Crippen molar-refractivity contribution in [3.05, 3.63) is 41.3 Å². The van der Waals surface area contributed by atoms with Gasteiger partial charge in [-0.1, -0.05) is 12.2 Å². The van der Waals surface area contributed by atoms with Crippen molar-refractivity contribution in [2.75, 3.05) is 5.32 Å². The van der Waals surface area contributed by atoms with E-state index in [2.05, 4.69) is 15.4 Å². The van der Waals surface area contributed by atoms with E-state index in [4.69, 9.17) is 18.0 Å². The molecule has 0 bridgehead atoms. The lowest BCUT2D eigenvalue weighted by molar-refractivity contribution is -0.141. The molecule has 0 aliphatic carbocycles. The van der Waals surface area contributed by atoms with Crippen molar-refractivity contribution >= 4 is 23.0 Å². The van der Waals surface area contributed by atoms with Gasteiger partial charge in [0.25, 0.3) is 0 Å². The lowest BCUT2D eigenvalue weighted by Crippen LogP contribution is -2.18. The van der Waals surface area contributed by atoms with Crippen LogP contribution in [0.5, 0.6) is 0 Å². The van der Waals surface area contributed by atoms with Gasteiger partial charge in [0.2, 0.25) is 0 Å². The van der Waals surface area contributed by atoms with E-state index in [1.54, 1.807) is 24.0 Å². The van der Waals surface area contributed by atoms with E-state index in [1.807, 2.05) is 0 Å². The second-order valence-corrected chi connectivity index (χ2v) is 4.69. The third kappa shape index (κ3) is 3.48. The maximum Gasteiger partial charge on any atom is 0.433 e. The van der Waals surface area contributed by atoms with Crippen molar-refractivity contribution in [2.45, 2.75) is 12.7 Å². The van der Waals surface area contributed by atoms with Crippen LogP contribution in [0.3, 0.4) is 0 Å². The second-order valence-electron chi connectivity index (χ2n) is 4.25. The topological polar surface area (TPSA) is 68.8 Å².